The number of amides is 1. The maximum atomic E-state index is 11.4. The van der Waals surface area contributed by atoms with Crippen LogP contribution >= 0.6 is 11.6 Å². The highest BCUT2D eigenvalue weighted by Crippen LogP contribution is 2.28. The van der Waals surface area contributed by atoms with Gasteiger partial charge in [0.05, 0.1) is 0 Å². The zero-order valence-corrected chi connectivity index (χ0v) is 10.4. The van der Waals surface area contributed by atoms with Gasteiger partial charge in [-0.1, -0.05) is 32.6 Å². The summed E-state index contributed by atoms with van der Waals surface area (Å²) < 4.78 is 0. The Morgan fingerprint density at radius 2 is 2.13 bits per heavy atom. The third-order valence-electron chi connectivity index (χ3n) is 3.24. The lowest BCUT2D eigenvalue weighted by Crippen LogP contribution is -2.30. The van der Waals surface area contributed by atoms with E-state index in [0.717, 1.165) is 18.9 Å². The molecular weight excluding hydrogens is 210 g/mol. The van der Waals surface area contributed by atoms with Gasteiger partial charge in [0.2, 0.25) is 5.91 Å². The molecule has 15 heavy (non-hydrogen) atoms. The zero-order chi connectivity index (χ0) is 11.1. The SMILES string of the molecule is CC(CCl)C(=O)NCCCC1CCCC1. The summed E-state index contributed by atoms with van der Waals surface area (Å²) >= 11 is 5.60. The van der Waals surface area contributed by atoms with Crippen LogP contribution in [-0.4, -0.2) is 18.3 Å². The molecule has 0 bridgehead atoms. The van der Waals surface area contributed by atoms with Gasteiger partial charge in [-0.3, -0.25) is 4.79 Å². The van der Waals surface area contributed by atoms with Gasteiger partial charge in [0.25, 0.3) is 0 Å². The minimum atomic E-state index is -0.0573. The maximum absolute atomic E-state index is 11.4. The van der Waals surface area contributed by atoms with Crippen molar-refractivity contribution in [3.63, 3.8) is 0 Å². The van der Waals surface area contributed by atoms with E-state index in [2.05, 4.69) is 5.32 Å². The summed E-state index contributed by atoms with van der Waals surface area (Å²) in [6.45, 7) is 2.68. The number of halogens is 1. The quantitative estimate of drug-likeness (QED) is 0.553. The molecule has 1 unspecified atom stereocenters. The molecule has 0 aromatic carbocycles. The molecule has 0 saturated heterocycles. The normalized spacial score (nSPS) is 19.1. The van der Waals surface area contributed by atoms with Crippen LogP contribution in [0.2, 0.25) is 0 Å². The molecule has 1 rings (SSSR count). The summed E-state index contributed by atoms with van der Waals surface area (Å²) in [5.74, 6) is 1.37. The van der Waals surface area contributed by atoms with Gasteiger partial charge in [0, 0.05) is 18.3 Å². The molecule has 1 aliphatic carbocycles. The Morgan fingerprint density at radius 3 is 2.73 bits per heavy atom. The van der Waals surface area contributed by atoms with Crippen molar-refractivity contribution >= 4 is 17.5 Å². The highest BCUT2D eigenvalue weighted by molar-refractivity contribution is 6.19. The van der Waals surface area contributed by atoms with Crippen LogP contribution in [0.1, 0.15) is 45.4 Å². The number of hydrogen-bond acceptors (Lipinski definition) is 1. The number of nitrogens with one attached hydrogen (secondary N) is 1. The van der Waals surface area contributed by atoms with Crippen molar-refractivity contribution in [1.82, 2.24) is 5.32 Å². The topological polar surface area (TPSA) is 29.1 Å². The van der Waals surface area contributed by atoms with Crippen molar-refractivity contribution in [2.75, 3.05) is 12.4 Å². The highest BCUT2D eigenvalue weighted by Gasteiger charge is 2.15. The third kappa shape index (κ3) is 4.87. The smallest absolute Gasteiger partial charge is 0.224 e. The molecule has 88 valence electrons. The average molecular weight is 232 g/mol. The summed E-state index contributed by atoms with van der Waals surface area (Å²) in [6.07, 6.45) is 7.99. The van der Waals surface area contributed by atoms with E-state index in [4.69, 9.17) is 11.6 Å². The zero-order valence-electron chi connectivity index (χ0n) is 9.60. The van der Waals surface area contributed by atoms with E-state index >= 15 is 0 Å². The van der Waals surface area contributed by atoms with E-state index in [0.29, 0.717) is 5.88 Å². The fourth-order valence-corrected chi connectivity index (χ4v) is 2.29. The van der Waals surface area contributed by atoms with Crippen molar-refractivity contribution < 1.29 is 4.79 Å². The second kappa shape index (κ2) is 7.10. The Morgan fingerprint density at radius 1 is 1.47 bits per heavy atom. The Hall–Kier alpha value is -0.240. The van der Waals surface area contributed by atoms with E-state index in [1.54, 1.807) is 0 Å². The van der Waals surface area contributed by atoms with E-state index in [9.17, 15) is 4.79 Å². The van der Waals surface area contributed by atoms with Gasteiger partial charge in [-0.25, -0.2) is 0 Å². The van der Waals surface area contributed by atoms with Crippen molar-refractivity contribution in [2.45, 2.75) is 45.4 Å². The van der Waals surface area contributed by atoms with Crippen LogP contribution in [0.15, 0.2) is 0 Å². The van der Waals surface area contributed by atoms with Crippen LogP contribution in [0.3, 0.4) is 0 Å². The Kier molecular flexibility index (Phi) is 6.07. The molecule has 1 N–H and O–H groups in total. The molecule has 0 radical (unpaired) electrons. The van der Waals surface area contributed by atoms with Gasteiger partial charge < -0.3 is 5.32 Å². The minimum absolute atomic E-state index is 0.0573. The molecule has 2 nitrogen and oxygen atoms in total. The molecule has 0 aromatic rings. The van der Waals surface area contributed by atoms with Crippen molar-refractivity contribution in [3.8, 4) is 0 Å². The Bertz CT molecular complexity index is 190. The van der Waals surface area contributed by atoms with Crippen LogP contribution in [0.5, 0.6) is 0 Å². The predicted octanol–water partition coefficient (Wildman–Crippen LogP) is 2.95. The van der Waals surface area contributed by atoms with Gasteiger partial charge in [-0.05, 0) is 18.8 Å². The first-order valence-electron chi connectivity index (χ1n) is 6.07. The summed E-state index contributed by atoms with van der Waals surface area (Å²) in [5, 5.41) is 2.93. The molecular formula is C12H22ClNO. The second-order valence-electron chi connectivity index (χ2n) is 4.64. The van der Waals surface area contributed by atoms with Crippen molar-refractivity contribution in [1.29, 1.82) is 0 Å². The second-order valence-corrected chi connectivity index (χ2v) is 4.95. The van der Waals surface area contributed by atoms with Crippen molar-refractivity contribution in [2.24, 2.45) is 11.8 Å². The summed E-state index contributed by atoms with van der Waals surface area (Å²) in [5.41, 5.74) is 0. The summed E-state index contributed by atoms with van der Waals surface area (Å²) in [7, 11) is 0. The molecule has 1 aliphatic rings. The molecule has 1 atom stereocenters. The standard InChI is InChI=1S/C12H22ClNO/c1-10(9-13)12(15)14-8-4-7-11-5-2-3-6-11/h10-11H,2-9H2,1H3,(H,14,15). The monoisotopic (exact) mass is 231 g/mol. The summed E-state index contributed by atoms with van der Waals surface area (Å²) in [4.78, 5) is 11.4. The fraction of sp³-hybridized carbons (Fsp3) is 0.917. The van der Waals surface area contributed by atoms with Gasteiger partial charge in [0.1, 0.15) is 0 Å². The maximum Gasteiger partial charge on any atom is 0.224 e. The molecule has 1 saturated carbocycles. The fourth-order valence-electron chi connectivity index (χ4n) is 2.15. The lowest BCUT2D eigenvalue weighted by atomic mass is 10.0. The van der Waals surface area contributed by atoms with E-state index in [-0.39, 0.29) is 11.8 Å². The molecule has 0 aromatic heterocycles. The van der Waals surface area contributed by atoms with E-state index in [1.807, 2.05) is 6.92 Å². The third-order valence-corrected chi connectivity index (χ3v) is 3.71. The van der Waals surface area contributed by atoms with E-state index in [1.165, 1.54) is 32.1 Å². The first-order chi connectivity index (χ1) is 7.24. The summed E-state index contributed by atoms with van der Waals surface area (Å²) in [6, 6.07) is 0. The highest BCUT2D eigenvalue weighted by atomic mass is 35.5. The average Bonchev–Trinajstić information content (AvgIpc) is 2.75. The van der Waals surface area contributed by atoms with Gasteiger partial charge in [-0.15, -0.1) is 11.6 Å². The lowest BCUT2D eigenvalue weighted by Gasteiger charge is -2.11. The van der Waals surface area contributed by atoms with Crippen molar-refractivity contribution in [3.05, 3.63) is 0 Å². The van der Waals surface area contributed by atoms with Crippen LogP contribution in [0.25, 0.3) is 0 Å². The number of hydrogen-bond donors (Lipinski definition) is 1. The molecule has 1 fully saturated rings. The molecule has 0 spiro atoms. The van der Waals surface area contributed by atoms with E-state index < -0.39 is 0 Å². The molecule has 0 aliphatic heterocycles. The number of rotatable bonds is 6. The van der Waals surface area contributed by atoms with Gasteiger partial charge in [-0.2, -0.15) is 0 Å². The minimum Gasteiger partial charge on any atom is -0.356 e. The molecule has 0 heterocycles. The first-order valence-corrected chi connectivity index (χ1v) is 6.61. The Labute approximate surface area is 97.8 Å². The van der Waals surface area contributed by atoms with Crippen LogP contribution < -0.4 is 5.32 Å². The number of carbonyl (C=O) groups excluding carboxylic acids is 1. The van der Waals surface area contributed by atoms with Crippen LogP contribution in [0.4, 0.5) is 0 Å². The number of carbonyl (C=O) groups is 1. The molecule has 1 amide bonds. The first kappa shape index (κ1) is 12.8. The van der Waals surface area contributed by atoms with Crippen LogP contribution in [0, 0.1) is 11.8 Å². The number of alkyl halides is 1. The molecule has 3 heteroatoms. The lowest BCUT2D eigenvalue weighted by molar-refractivity contribution is -0.123. The van der Waals surface area contributed by atoms with Gasteiger partial charge >= 0.3 is 0 Å². The largest absolute Gasteiger partial charge is 0.356 e. The van der Waals surface area contributed by atoms with Crippen LogP contribution in [-0.2, 0) is 4.79 Å². The van der Waals surface area contributed by atoms with Gasteiger partial charge in [0.15, 0.2) is 0 Å². The Balaban J connectivity index is 1.98. The predicted molar refractivity (Wildman–Crippen MR) is 64.1 cm³/mol.